The molecule has 0 spiro atoms. The summed E-state index contributed by atoms with van der Waals surface area (Å²) in [6, 6.07) is 15.3. The third-order valence-corrected chi connectivity index (χ3v) is 4.09. The van der Waals surface area contributed by atoms with Crippen molar-refractivity contribution >= 4 is 11.6 Å². The Morgan fingerprint density at radius 1 is 1.14 bits per heavy atom. The van der Waals surface area contributed by atoms with Gasteiger partial charge in [-0.3, -0.25) is 4.98 Å². The molecule has 0 aliphatic rings. The molecule has 4 heteroatoms. The number of rotatable bonds is 4. The zero-order valence-corrected chi connectivity index (χ0v) is 13.0. The van der Waals surface area contributed by atoms with Gasteiger partial charge in [0.2, 0.25) is 0 Å². The van der Waals surface area contributed by atoms with Gasteiger partial charge in [0.25, 0.3) is 0 Å². The van der Waals surface area contributed by atoms with Gasteiger partial charge >= 0.3 is 0 Å². The maximum atomic E-state index is 6.19. The Labute approximate surface area is 134 Å². The summed E-state index contributed by atoms with van der Waals surface area (Å²) in [5, 5.41) is 0.737. The summed E-state index contributed by atoms with van der Waals surface area (Å²) in [5.74, 6) is 1.65. The van der Waals surface area contributed by atoms with Crippen molar-refractivity contribution in [2.24, 2.45) is 5.73 Å². The fourth-order valence-electron chi connectivity index (χ4n) is 2.42. The van der Waals surface area contributed by atoms with E-state index in [4.69, 9.17) is 21.8 Å². The van der Waals surface area contributed by atoms with Crippen molar-refractivity contribution in [3.63, 3.8) is 0 Å². The predicted molar refractivity (Wildman–Crippen MR) is 88.8 cm³/mol. The van der Waals surface area contributed by atoms with E-state index < -0.39 is 0 Å². The Bertz CT molecular complexity index is 768. The van der Waals surface area contributed by atoms with Crippen LogP contribution in [-0.4, -0.2) is 4.98 Å². The van der Waals surface area contributed by atoms with E-state index in [2.05, 4.69) is 4.98 Å². The molecule has 112 valence electrons. The number of halogens is 1. The Morgan fingerprint density at radius 3 is 2.77 bits per heavy atom. The van der Waals surface area contributed by atoms with Crippen LogP contribution in [0.1, 0.15) is 23.1 Å². The van der Waals surface area contributed by atoms with Crippen molar-refractivity contribution in [1.29, 1.82) is 0 Å². The van der Waals surface area contributed by atoms with E-state index >= 15 is 0 Å². The van der Waals surface area contributed by atoms with E-state index in [9.17, 15) is 0 Å². The summed E-state index contributed by atoms with van der Waals surface area (Å²) >= 11 is 6.16. The van der Waals surface area contributed by atoms with E-state index in [0.717, 1.165) is 33.4 Å². The molecule has 0 bridgehead atoms. The number of hydrogen-bond donors (Lipinski definition) is 1. The average molecular weight is 313 g/mol. The lowest BCUT2D eigenvalue weighted by Crippen LogP contribution is -2.14. The highest BCUT2D eigenvalue weighted by Crippen LogP contribution is 2.30. The Balaban J connectivity index is 1.81. The van der Waals surface area contributed by atoms with Crippen molar-refractivity contribution in [3.8, 4) is 11.3 Å². The molecule has 1 atom stereocenters. The Kier molecular flexibility index (Phi) is 4.27. The standard InChI is InChI=1S/C18H17ClN2O/c1-12-14(5-4-6-15(12)19)18-9-8-13(22-18)11-16(20)17-7-2-3-10-21-17/h2-10,16H,11,20H2,1H3. The van der Waals surface area contributed by atoms with E-state index in [0.29, 0.717) is 6.42 Å². The first kappa shape index (κ1) is 14.8. The van der Waals surface area contributed by atoms with Gasteiger partial charge in [-0.2, -0.15) is 0 Å². The van der Waals surface area contributed by atoms with Crippen LogP contribution < -0.4 is 5.73 Å². The van der Waals surface area contributed by atoms with Gasteiger partial charge in [-0.25, -0.2) is 0 Å². The quantitative estimate of drug-likeness (QED) is 0.769. The van der Waals surface area contributed by atoms with Crippen molar-refractivity contribution in [2.75, 3.05) is 0 Å². The van der Waals surface area contributed by atoms with Gasteiger partial charge in [0.1, 0.15) is 11.5 Å². The second-order valence-electron chi connectivity index (χ2n) is 5.24. The molecule has 1 unspecified atom stereocenters. The minimum Gasteiger partial charge on any atom is -0.461 e. The van der Waals surface area contributed by atoms with Gasteiger partial charge < -0.3 is 10.2 Å². The van der Waals surface area contributed by atoms with Crippen LogP contribution in [0.15, 0.2) is 59.1 Å². The topological polar surface area (TPSA) is 52.0 Å². The molecule has 0 saturated carbocycles. The summed E-state index contributed by atoms with van der Waals surface area (Å²) in [6.07, 6.45) is 2.36. The molecular weight excluding hydrogens is 296 g/mol. The number of benzene rings is 1. The van der Waals surface area contributed by atoms with E-state index in [1.807, 2.05) is 55.5 Å². The lowest BCUT2D eigenvalue weighted by Gasteiger charge is -2.09. The summed E-state index contributed by atoms with van der Waals surface area (Å²) in [4.78, 5) is 4.28. The van der Waals surface area contributed by atoms with Crippen molar-refractivity contribution in [3.05, 3.63) is 76.8 Å². The van der Waals surface area contributed by atoms with Gasteiger partial charge in [0, 0.05) is 23.2 Å². The van der Waals surface area contributed by atoms with Crippen LogP contribution >= 0.6 is 11.6 Å². The molecule has 0 aliphatic carbocycles. The molecule has 2 N–H and O–H groups in total. The first-order chi connectivity index (χ1) is 10.6. The van der Waals surface area contributed by atoms with Gasteiger partial charge in [-0.1, -0.05) is 29.8 Å². The van der Waals surface area contributed by atoms with Gasteiger partial charge in [-0.05, 0) is 42.8 Å². The first-order valence-corrected chi connectivity index (χ1v) is 7.53. The maximum Gasteiger partial charge on any atom is 0.134 e. The van der Waals surface area contributed by atoms with Crippen LogP contribution in [0.4, 0.5) is 0 Å². The second kappa shape index (κ2) is 6.34. The number of aromatic nitrogens is 1. The highest BCUT2D eigenvalue weighted by Gasteiger charge is 2.13. The molecule has 3 nitrogen and oxygen atoms in total. The fraction of sp³-hybridized carbons (Fsp3) is 0.167. The number of hydrogen-bond acceptors (Lipinski definition) is 3. The number of pyridine rings is 1. The first-order valence-electron chi connectivity index (χ1n) is 7.16. The normalized spacial score (nSPS) is 12.3. The molecule has 3 rings (SSSR count). The van der Waals surface area contributed by atoms with Gasteiger partial charge in [-0.15, -0.1) is 0 Å². The largest absolute Gasteiger partial charge is 0.461 e. The predicted octanol–water partition coefficient (Wildman–Crippen LogP) is 4.55. The molecule has 1 aromatic carbocycles. The summed E-state index contributed by atoms with van der Waals surface area (Å²) in [6.45, 7) is 1.99. The lowest BCUT2D eigenvalue weighted by molar-refractivity contribution is 0.496. The Hall–Kier alpha value is -2.10. The average Bonchev–Trinajstić information content (AvgIpc) is 2.99. The van der Waals surface area contributed by atoms with Gasteiger partial charge in [0.15, 0.2) is 0 Å². The summed E-state index contributed by atoms with van der Waals surface area (Å²) < 4.78 is 5.93. The minimum atomic E-state index is -0.180. The van der Waals surface area contributed by atoms with Crippen LogP contribution in [0, 0.1) is 6.92 Å². The minimum absolute atomic E-state index is 0.180. The number of furan rings is 1. The second-order valence-corrected chi connectivity index (χ2v) is 5.65. The molecule has 2 aromatic heterocycles. The smallest absolute Gasteiger partial charge is 0.134 e. The molecule has 3 aromatic rings. The molecule has 0 aliphatic heterocycles. The van der Waals surface area contributed by atoms with Crippen molar-refractivity contribution in [2.45, 2.75) is 19.4 Å². The maximum absolute atomic E-state index is 6.19. The molecule has 0 fully saturated rings. The highest BCUT2D eigenvalue weighted by atomic mass is 35.5. The van der Waals surface area contributed by atoms with Crippen LogP contribution in [0.3, 0.4) is 0 Å². The number of nitrogens with two attached hydrogens (primary N) is 1. The molecular formula is C18H17ClN2O. The monoisotopic (exact) mass is 312 g/mol. The number of nitrogens with zero attached hydrogens (tertiary/aromatic N) is 1. The van der Waals surface area contributed by atoms with Crippen LogP contribution in [0.5, 0.6) is 0 Å². The lowest BCUT2D eigenvalue weighted by atomic mass is 10.1. The third-order valence-electron chi connectivity index (χ3n) is 3.68. The summed E-state index contributed by atoms with van der Waals surface area (Å²) in [7, 11) is 0. The third kappa shape index (κ3) is 3.06. The SMILES string of the molecule is Cc1c(Cl)cccc1-c1ccc(CC(N)c2ccccn2)o1. The highest BCUT2D eigenvalue weighted by molar-refractivity contribution is 6.31. The van der Waals surface area contributed by atoms with E-state index in [-0.39, 0.29) is 6.04 Å². The Morgan fingerprint density at radius 2 is 2.00 bits per heavy atom. The molecule has 22 heavy (non-hydrogen) atoms. The van der Waals surface area contributed by atoms with Crippen LogP contribution in [-0.2, 0) is 6.42 Å². The van der Waals surface area contributed by atoms with Gasteiger partial charge in [0.05, 0.1) is 11.7 Å². The molecule has 0 saturated heterocycles. The van der Waals surface area contributed by atoms with Crippen LogP contribution in [0.25, 0.3) is 11.3 Å². The molecule has 0 amide bonds. The van der Waals surface area contributed by atoms with Crippen LogP contribution in [0.2, 0.25) is 5.02 Å². The zero-order chi connectivity index (χ0) is 15.5. The molecule has 0 radical (unpaired) electrons. The zero-order valence-electron chi connectivity index (χ0n) is 12.3. The molecule has 2 heterocycles. The van der Waals surface area contributed by atoms with E-state index in [1.54, 1.807) is 6.20 Å². The fourth-order valence-corrected chi connectivity index (χ4v) is 2.60. The van der Waals surface area contributed by atoms with Crippen molar-refractivity contribution in [1.82, 2.24) is 4.98 Å². The summed E-state index contributed by atoms with van der Waals surface area (Å²) in [5.41, 5.74) is 9.06. The van der Waals surface area contributed by atoms with Crippen molar-refractivity contribution < 1.29 is 4.42 Å². The van der Waals surface area contributed by atoms with E-state index in [1.165, 1.54) is 0 Å².